The van der Waals surface area contributed by atoms with E-state index < -0.39 is 17.2 Å². The standard InChI is InChI=1S/C21H20N4O4/c1-25(13-18(26)24-14-7-3-2-4-8-14)19(27)12-23-21(29)16-11-22-17-10-6-5-9-15(17)20(16)28/h2-11H,12-13H2,1H3,(H,22,28)(H,23,29)(H,24,26). The summed E-state index contributed by atoms with van der Waals surface area (Å²) >= 11 is 0. The lowest BCUT2D eigenvalue weighted by Crippen LogP contribution is -2.42. The number of benzene rings is 2. The Bertz CT molecular complexity index is 1110. The molecule has 3 aromatic rings. The van der Waals surface area contributed by atoms with Crippen molar-refractivity contribution in [2.45, 2.75) is 0 Å². The number of pyridine rings is 1. The topological polar surface area (TPSA) is 111 Å². The van der Waals surface area contributed by atoms with Gasteiger partial charge < -0.3 is 20.5 Å². The molecular formula is C21H20N4O4. The predicted octanol–water partition coefficient (Wildman–Crippen LogP) is 1.35. The average Bonchev–Trinajstić information content (AvgIpc) is 2.72. The van der Waals surface area contributed by atoms with E-state index in [0.29, 0.717) is 16.6 Å². The lowest BCUT2D eigenvalue weighted by molar-refractivity contribution is -0.132. The molecule has 1 aromatic heterocycles. The summed E-state index contributed by atoms with van der Waals surface area (Å²) in [6.45, 7) is -0.500. The molecule has 0 unspecified atom stereocenters. The van der Waals surface area contributed by atoms with Crippen molar-refractivity contribution in [3.05, 3.63) is 76.6 Å². The number of nitrogens with one attached hydrogen (secondary N) is 3. The van der Waals surface area contributed by atoms with Crippen molar-refractivity contribution in [2.75, 3.05) is 25.5 Å². The number of aromatic nitrogens is 1. The second kappa shape index (κ2) is 8.83. The number of rotatable bonds is 6. The number of hydrogen-bond acceptors (Lipinski definition) is 4. The van der Waals surface area contributed by atoms with Crippen LogP contribution in [0.4, 0.5) is 5.69 Å². The van der Waals surface area contributed by atoms with Crippen LogP contribution in [0.1, 0.15) is 10.4 Å². The SMILES string of the molecule is CN(CC(=O)Nc1ccccc1)C(=O)CNC(=O)c1c[nH]c2ccccc2c1=O. The molecule has 0 atom stereocenters. The molecule has 0 saturated heterocycles. The van der Waals surface area contributed by atoms with E-state index in [-0.39, 0.29) is 24.6 Å². The largest absolute Gasteiger partial charge is 0.360 e. The monoisotopic (exact) mass is 392 g/mol. The number of nitrogens with zero attached hydrogens (tertiary/aromatic N) is 1. The minimum atomic E-state index is -0.660. The summed E-state index contributed by atoms with van der Waals surface area (Å²) in [5, 5.41) is 5.49. The molecule has 1 heterocycles. The van der Waals surface area contributed by atoms with Crippen molar-refractivity contribution in [3.8, 4) is 0 Å². The van der Waals surface area contributed by atoms with E-state index in [0.717, 1.165) is 0 Å². The highest BCUT2D eigenvalue weighted by atomic mass is 16.2. The van der Waals surface area contributed by atoms with Gasteiger partial charge in [-0.2, -0.15) is 0 Å². The first-order chi connectivity index (χ1) is 14.0. The third-order valence-corrected chi connectivity index (χ3v) is 4.30. The first-order valence-corrected chi connectivity index (χ1v) is 8.93. The van der Waals surface area contributed by atoms with Gasteiger partial charge in [0.2, 0.25) is 17.2 Å². The molecule has 148 valence electrons. The summed E-state index contributed by atoms with van der Waals surface area (Å²) in [5.41, 5.74) is 0.748. The molecule has 2 aromatic carbocycles. The Hall–Kier alpha value is -3.94. The Balaban J connectivity index is 1.56. The highest BCUT2D eigenvalue weighted by molar-refractivity contribution is 5.99. The normalized spacial score (nSPS) is 10.4. The first-order valence-electron chi connectivity index (χ1n) is 8.93. The quantitative estimate of drug-likeness (QED) is 0.588. The zero-order valence-corrected chi connectivity index (χ0v) is 15.8. The van der Waals surface area contributed by atoms with Gasteiger partial charge >= 0.3 is 0 Å². The molecule has 8 nitrogen and oxygen atoms in total. The van der Waals surface area contributed by atoms with E-state index in [1.54, 1.807) is 48.5 Å². The number of H-pyrrole nitrogens is 1. The molecule has 3 N–H and O–H groups in total. The number of aromatic amines is 1. The van der Waals surface area contributed by atoms with Crippen molar-refractivity contribution in [3.63, 3.8) is 0 Å². The number of likely N-dealkylation sites (N-methyl/N-ethyl adjacent to an activating group) is 1. The summed E-state index contributed by atoms with van der Waals surface area (Å²) in [6.07, 6.45) is 1.32. The molecule has 0 aliphatic heterocycles. The maximum Gasteiger partial charge on any atom is 0.257 e. The van der Waals surface area contributed by atoms with Crippen LogP contribution in [0, 0.1) is 0 Å². The van der Waals surface area contributed by atoms with Crippen molar-refractivity contribution in [1.29, 1.82) is 0 Å². The Morgan fingerprint density at radius 1 is 1.00 bits per heavy atom. The van der Waals surface area contributed by atoms with Crippen molar-refractivity contribution in [2.24, 2.45) is 0 Å². The molecular weight excluding hydrogens is 372 g/mol. The van der Waals surface area contributed by atoms with Gasteiger partial charge in [0.1, 0.15) is 5.56 Å². The van der Waals surface area contributed by atoms with Crippen molar-refractivity contribution >= 4 is 34.3 Å². The van der Waals surface area contributed by atoms with E-state index in [9.17, 15) is 19.2 Å². The Kier molecular flexibility index (Phi) is 6.03. The number of anilines is 1. The Labute approximate surface area is 166 Å². The molecule has 3 amide bonds. The molecule has 8 heteroatoms. The van der Waals surface area contributed by atoms with Gasteiger partial charge in [-0.15, -0.1) is 0 Å². The first kappa shape index (κ1) is 19.8. The number of hydrogen-bond donors (Lipinski definition) is 3. The summed E-state index contributed by atoms with van der Waals surface area (Å²) in [5.74, 6) is -1.48. The van der Waals surface area contributed by atoms with Crippen LogP contribution in [0.3, 0.4) is 0 Å². The predicted molar refractivity (Wildman–Crippen MR) is 110 cm³/mol. The molecule has 29 heavy (non-hydrogen) atoms. The highest BCUT2D eigenvalue weighted by Gasteiger charge is 2.17. The van der Waals surface area contributed by atoms with Crippen LogP contribution in [0.15, 0.2) is 65.6 Å². The molecule has 0 aliphatic carbocycles. The third-order valence-electron chi connectivity index (χ3n) is 4.30. The van der Waals surface area contributed by atoms with E-state index in [1.165, 1.54) is 18.1 Å². The fraction of sp³-hybridized carbons (Fsp3) is 0.143. The molecule has 0 saturated carbocycles. The number of carbonyl (C=O) groups is 3. The fourth-order valence-corrected chi connectivity index (χ4v) is 2.75. The highest BCUT2D eigenvalue weighted by Crippen LogP contribution is 2.07. The summed E-state index contributed by atoms with van der Waals surface area (Å²) in [7, 11) is 1.46. The van der Waals surface area contributed by atoms with Crippen LogP contribution in [0.2, 0.25) is 0 Å². The maximum atomic E-state index is 12.4. The van der Waals surface area contributed by atoms with E-state index in [1.807, 2.05) is 6.07 Å². The Morgan fingerprint density at radius 2 is 1.69 bits per heavy atom. The number of fused-ring (bicyclic) bond motifs is 1. The lowest BCUT2D eigenvalue weighted by Gasteiger charge is -2.17. The zero-order valence-electron chi connectivity index (χ0n) is 15.8. The minimum Gasteiger partial charge on any atom is -0.360 e. The zero-order chi connectivity index (χ0) is 20.8. The maximum absolute atomic E-state index is 12.4. The van der Waals surface area contributed by atoms with Gasteiger partial charge in [-0.25, -0.2) is 0 Å². The van der Waals surface area contributed by atoms with Gasteiger partial charge in [-0.1, -0.05) is 30.3 Å². The van der Waals surface area contributed by atoms with Crippen LogP contribution in [0.25, 0.3) is 10.9 Å². The molecule has 0 bridgehead atoms. The Morgan fingerprint density at radius 3 is 2.45 bits per heavy atom. The van der Waals surface area contributed by atoms with Crippen LogP contribution in [0.5, 0.6) is 0 Å². The van der Waals surface area contributed by atoms with Gasteiger partial charge in [0.15, 0.2) is 0 Å². The second-order valence-electron chi connectivity index (χ2n) is 6.42. The van der Waals surface area contributed by atoms with Gasteiger partial charge in [-0.05, 0) is 24.3 Å². The number of para-hydroxylation sites is 2. The third kappa shape index (κ3) is 4.86. The fourth-order valence-electron chi connectivity index (χ4n) is 2.75. The molecule has 0 fully saturated rings. The van der Waals surface area contributed by atoms with Gasteiger partial charge in [-0.3, -0.25) is 19.2 Å². The van der Waals surface area contributed by atoms with Gasteiger partial charge in [0.05, 0.1) is 13.1 Å². The van der Waals surface area contributed by atoms with Crippen LogP contribution >= 0.6 is 0 Å². The average molecular weight is 392 g/mol. The van der Waals surface area contributed by atoms with E-state index in [2.05, 4.69) is 15.6 Å². The number of carbonyl (C=O) groups excluding carboxylic acids is 3. The van der Waals surface area contributed by atoms with Gasteiger partial charge in [0, 0.05) is 29.8 Å². The molecule has 0 radical (unpaired) electrons. The summed E-state index contributed by atoms with van der Waals surface area (Å²) < 4.78 is 0. The number of amides is 3. The lowest BCUT2D eigenvalue weighted by atomic mass is 10.1. The van der Waals surface area contributed by atoms with E-state index in [4.69, 9.17) is 0 Å². The van der Waals surface area contributed by atoms with Crippen molar-refractivity contribution < 1.29 is 14.4 Å². The smallest absolute Gasteiger partial charge is 0.257 e. The molecule has 3 rings (SSSR count). The molecule has 0 spiro atoms. The van der Waals surface area contributed by atoms with Crippen LogP contribution in [-0.4, -0.2) is 47.7 Å². The summed E-state index contributed by atoms with van der Waals surface area (Å²) in [4.78, 5) is 53.1. The molecule has 0 aliphatic rings. The van der Waals surface area contributed by atoms with Crippen LogP contribution < -0.4 is 16.1 Å². The second-order valence-corrected chi connectivity index (χ2v) is 6.42. The summed E-state index contributed by atoms with van der Waals surface area (Å²) in [6, 6.07) is 15.7. The minimum absolute atomic E-state index is 0.0824. The van der Waals surface area contributed by atoms with E-state index >= 15 is 0 Å². The van der Waals surface area contributed by atoms with Gasteiger partial charge in [0.25, 0.3) is 5.91 Å². The van der Waals surface area contributed by atoms with Crippen molar-refractivity contribution in [1.82, 2.24) is 15.2 Å². The van der Waals surface area contributed by atoms with Crippen LogP contribution in [-0.2, 0) is 9.59 Å².